The highest BCUT2D eigenvalue weighted by Gasteiger charge is 2.56. The van der Waals surface area contributed by atoms with Crippen LogP contribution in [-0.2, 0) is 47.5 Å². The van der Waals surface area contributed by atoms with Gasteiger partial charge in [-0.1, -0.05) is 13.8 Å². The molecule has 2 bridgehead atoms. The van der Waals surface area contributed by atoms with Gasteiger partial charge in [0.15, 0.2) is 24.0 Å². The van der Waals surface area contributed by atoms with Gasteiger partial charge in [-0.25, -0.2) is 0 Å². The number of cyclic esters (lactones) is 1. The van der Waals surface area contributed by atoms with E-state index in [2.05, 4.69) is 18.7 Å². The number of fused-ring (bicyclic) bond motifs is 2. The van der Waals surface area contributed by atoms with Gasteiger partial charge in [0.1, 0.15) is 29.7 Å². The summed E-state index contributed by atoms with van der Waals surface area (Å²) in [6, 6.07) is -0.0318. The van der Waals surface area contributed by atoms with Crippen molar-refractivity contribution in [2.45, 2.75) is 193 Å². The zero-order chi connectivity index (χ0) is 39.1. The summed E-state index contributed by atoms with van der Waals surface area (Å²) in [6.07, 6.45) is -2.95. The molecule has 4 aliphatic heterocycles. The van der Waals surface area contributed by atoms with Crippen molar-refractivity contribution >= 4 is 11.8 Å². The number of carbonyl (C=O) groups is 2. The molecule has 3 saturated heterocycles. The number of aliphatic hydroxyl groups is 1. The van der Waals surface area contributed by atoms with Crippen LogP contribution in [0.3, 0.4) is 0 Å². The number of Topliss-reactive ketones (excluding diaryl/α,β-unsaturated/α-hetero) is 1. The minimum Gasteiger partial charge on any atom is -0.488 e. The second-order valence-electron chi connectivity index (χ2n) is 17.1. The van der Waals surface area contributed by atoms with Crippen molar-refractivity contribution in [3.63, 3.8) is 0 Å². The number of ketones is 1. The SMILES string of the molecule is CC[C@H]1OC(=O)[C@H](C)[C@@H](O[C@H]2C[C@@](C)(OC)C[C@H](C)O2)[C@H](C)[C@@H](O[C@@H]2O[C@H](C)C[C@H](N(C)C(C)C)[C@H]2O)[C@]2(C)CC(C)=C(O2)[C@H](C)C(=O)[C@]1(C)OC. The molecule has 0 radical (unpaired) electrons. The number of hydrogen-bond acceptors (Lipinski definition) is 12. The predicted molar refractivity (Wildman–Crippen MR) is 195 cm³/mol. The van der Waals surface area contributed by atoms with E-state index in [0.29, 0.717) is 37.9 Å². The third kappa shape index (κ3) is 8.59. The lowest BCUT2D eigenvalue weighted by molar-refractivity contribution is -0.309. The van der Waals surface area contributed by atoms with Crippen LogP contribution in [-0.4, -0.2) is 121 Å². The van der Waals surface area contributed by atoms with E-state index in [-0.39, 0.29) is 30.1 Å². The molecular weight excluding hydrogens is 670 g/mol. The molecule has 12 nitrogen and oxygen atoms in total. The summed E-state index contributed by atoms with van der Waals surface area (Å²) in [6.45, 7) is 23.2. The van der Waals surface area contributed by atoms with Crippen LogP contribution in [0.1, 0.15) is 115 Å². The number of likely N-dealkylation sites (N-methyl/N-ethyl adjacent to an activating group) is 1. The Bertz CT molecular complexity index is 1290. The third-order valence-corrected chi connectivity index (χ3v) is 12.5. The molecule has 0 amide bonds. The van der Waals surface area contributed by atoms with Crippen LogP contribution in [0.15, 0.2) is 11.3 Å². The molecule has 3 fully saturated rings. The van der Waals surface area contributed by atoms with Gasteiger partial charge in [-0.3, -0.25) is 14.5 Å². The summed E-state index contributed by atoms with van der Waals surface area (Å²) in [5.41, 5.74) is -2.07. The van der Waals surface area contributed by atoms with Crippen molar-refractivity contribution in [1.82, 2.24) is 4.90 Å². The molecule has 4 rings (SSSR count). The lowest BCUT2D eigenvalue weighted by Crippen LogP contribution is -2.60. The number of methoxy groups -OCH3 is 2. The average molecular weight is 740 g/mol. The van der Waals surface area contributed by atoms with Gasteiger partial charge in [-0.2, -0.15) is 0 Å². The van der Waals surface area contributed by atoms with Gasteiger partial charge in [0.25, 0.3) is 0 Å². The molecular formula is C40H69NO11. The number of ether oxygens (including phenoxy) is 8. The molecule has 0 aliphatic carbocycles. The Labute approximate surface area is 312 Å². The van der Waals surface area contributed by atoms with Gasteiger partial charge < -0.3 is 43.0 Å². The fourth-order valence-electron chi connectivity index (χ4n) is 9.10. The minimum atomic E-state index is -1.44. The summed E-state index contributed by atoms with van der Waals surface area (Å²) in [7, 11) is 5.16. The fourth-order valence-corrected chi connectivity index (χ4v) is 9.10. The summed E-state index contributed by atoms with van der Waals surface area (Å²) in [5.74, 6) is -2.32. The highest BCUT2D eigenvalue weighted by atomic mass is 16.7. The van der Waals surface area contributed by atoms with E-state index in [4.69, 9.17) is 37.9 Å². The number of hydrogen-bond donors (Lipinski definition) is 1. The molecule has 12 heteroatoms. The molecule has 0 unspecified atom stereocenters. The van der Waals surface area contributed by atoms with E-state index in [1.54, 1.807) is 21.0 Å². The van der Waals surface area contributed by atoms with Crippen molar-refractivity contribution in [1.29, 1.82) is 0 Å². The topological polar surface area (TPSA) is 131 Å². The molecule has 300 valence electrons. The average Bonchev–Trinajstić information content (AvgIpc) is 3.40. The van der Waals surface area contributed by atoms with Crippen LogP contribution in [0.4, 0.5) is 0 Å². The van der Waals surface area contributed by atoms with E-state index in [1.807, 2.05) is 62.4 Å². The van der Waals surface area contributed by atoms with Gasteiger partial charge in [0.2, 0.25) is 0 Å². The van der Waals surface area contributed by atoms with Crippen molar-refractivity contribution in [2.75, 3.05) is 21.3 Å². The predicted octanol–water partition coefficient (Wildman–Crippen LogP) is 5.56. The van der Waals surface area contributed by atoms with Crippen molar-refractivity contribution in [3.05, 3.63) is 11.3 Å². The van der Waals surface area contributed by atoms with Crippen LogP contribution in [0.5, 0.6) is 0 Å². The number of carbonyl (C=O) groups excluding carboxylic acids is 2. The Morgan fingerprint density at radius 2 is 1.62 bits per heavy atom. The highest BCUT2D eigenvalue weighted by Crippen LogP contribution is 2.47. The molecule has 15 atom stereocenters. The minimum absolute atomic E-state index is 0.158. The highest BCUT2D eigenvalue weighted by molar-refractivity contribution is 5.92. The molecule has 4 aliphatic rings. The number of aliphatic hydroxyl groups excluding tert-OH is 1. The van der Waals surface area contributed by atoms with E-state index < -0.39 is 77.5 Å². The monoisotopic (exact) mass is 739 g/mol. The number of rotatable bonds is 9. The zero-order valence-corrected chi connectivity index (χ0v) is 34.5. The summed E-state index contributed by atoms with van der Waals surface area (Å²) >= 11 is 0. The third-order valence-electron chi connectivity index (χ3n) is 12.5. The van der Waals surface area contributed by atoms with Crippen molar-refractivity contribution < 1.29 is 52.6 Å². The molecule has 0 saturated carbocycles. The maximum absolute atomic E-state index is 14.4. The van der Waals surface area contributed by atoms with Gasteiger partial charge >= 0.3 is 5.97 Å². The van der Waals surface area contributed by atoms with E-state index in [1.165, 1.54) is 7.11 Å². The maximum Gasteiger partial charge on any atom is 0.311 e. The van der Waals surface area contributed by atoms with Crippen LogP contribution in [0.25, 0.3) is 0 Å². The normalized spacial score (nSPS) is 45.3. The van der Waals surface area contributed by atoms with Gasteiger partial charge in [0, 0.05) is 51.5 Å². The first-order valence-electron chi connectivity index (χ1n) is 19.4. The van der Waals surface area contributed by atoms with Crippen LogP contribution >= 0.6 is 0 Å². The Balaban J connectivity index is 1.85. The second-order valence-corrected chi connectivity index (χ2v) is 17.1. The van der Waals surface area contributed by atoms with Crippen LogP contribution < -0.4 is 0 Å². The first-order valence-corrected chi connectivity index (χ1v) is 19.4. The molecule has 4 heterocycles. The lowest BCUT2D eigenvalue weighted by Gasteiger charge is -2.48. The molecule has 0 spiro atoms. The standard InChI is InChI=1S/C40H69NO11/c1-16-29-40(12,46-15)34(43)25(7)32-22(4)18-39(11,52-32)35(51-37-31(42)28(17-23(5)48-37)41(13)21(2)3)26(8)33(27(9)36(44)49-29)50-30-20-38(10,45-14)19-24(6)47-30/h21,23-31,33,35,37,42H,16-20H2,1-15H3/t23-,24+,25+,26+,27-,28+,29-,30+,31-,33+,35-,37+,38+,39+,40-/m1/s1. The zero-order valence-electron chi connectivity index (χ0n) is 34.5. The second kappa shape index (κ2) is 16.6. The first kappa shape index (κ1) is 43.1. The molecule has 0 aromatic carbocycles. The largest absolute Gasteiger partial charge is 0.488 e. The number of nitrogens with zero attached hydrogens (tertiary/aromatic N) is 1. The van der Waals surface area contributed by atoms with E-state index >= 15 is 0 Å². The Morgan fingerprint density at radius 3 is 2.19 bits per heavy atom. The summed E-state index contributed by atoms with van der Waals surface area (Å²) < 4.78 is 51.6. The van der Waals surface area contributed by atoms with Gasteiger partial charge in [-0.15, -0.1) is 0 Å². The Morgan fingerprint density at radius 1 is 0.962 bits per heavy atom. The molecule has 1 N–H and O–H groups in total. The smallest absolute Gasteiger partial charge is 0.311 e. The van der Waals surface area contributed by atoms with Gasteiger partial charge in [0.05, 0.1) is 35.7 Å². The van der Waals surface area contributed by atoms with E-state index in [0.717, 1.165) is 5.57 Å². The summed E-state index contributed by atoms with van der Waals surface area (Å²) in [5, 5.41) is 11.8. The maximum atomic E-state index is 14.4. The molecule has 0 aromatic heterocycles. The van der Waals surface area contributed by atoms with Crippen LogP contribution in [0.2, 0.25) is 0 Å². The van der Waals surface area contributed by atoms with Crippen molar-refractivity contribution in [3.8, 4) is 0 Å². The number of esters is 1. The fraction of sp³-hybridized carbons (Fsp3) is 0.900. The first-order chi connectivity index (χ1) is 24.1. The Kier molecular flexibility index (Phi) is 13.8. The van der Waals surface area contributed by atoms with Crippen LogP contribution in [0, 0.1) is 17.8 Å². The van der Waals surface area contributed by atoms with Crippen molar-refractivity contribution in [2.24, 2.45) is 17.8 Å². The quantitative estimate of drug-likeness (QED) is 0.297. The summed E-state index contributed by atoms with van der Waals surface area (Å²) in [4.78, 5) is 30.8. The molecule has 52 heavy (non-hydrogen) atoms. The Hall–Kier alpha value is -1.64. The lowest BCUT2D eigenvalue weighted by atomic mass is 9.79. The van der Waals surface area contributed by atoms with E-state index in [9.17, 15) is 14.7 Å². The molecule has 0 aromatic rings. The van der Waals surface area contributed by atoms with Gasteiger partial charge in [-0.05, 0) is 94.7 Å². The number of allylic oxidation sites excluding steroid dienone is 1.